The molecular weight excluding hydrogens is 429 g/mol. The van der Waals surface area contributed by atoms with Crippen LogP contribution >= 0.6 is 12.4 Å². The molecule has 5 rings (SSSR count). The van der Waals surface area contributed by atoms with E-state index in [4.69, 9.17) is 5.26 Å². The van der Waals surface area contributed by atoms with Crippen LogP contribution in [0.2, 0.25) is 0 Å². The highest BCUT2D eigenvalue weighted by molar-refractivity contribution is 5.85. The van der Waals surface area contributed by atoms with E-state index >= 15 is 0 Å². The number of rotatable bonds is 3. The van der Waals surface area contributed by atoms with E-state index in [1.54, 1.807) is 30.5 Å². The molecule has 1 atom stereocenters. The molecule has 0 spiro atoms. The van der Waals surface area contributed by atoms with Crippen LogP contribution < -0.4 is 10.5 Å². The lowest BCUT2D eigenvalue weighted by Crippen LogP contribution is -2.49. The minimum Gasteiger partial charge on any atom is -0.367 e. The van der Waals surface area contributed by atoms with Crippen LogP contribution in [0.5, 0.6) is 0 Å². The summed E-state index contributed by atoms with van der Waals surface area (Å²) in [7, 11) is 0. The first-order valence-electron chi connectivity index (χ1n) is 10.5. The number of fused-ring (bicyclic) bond motifs is 1. The molecule has 3 aromatic rings. The average Bonchev–Trinajstić information content (AvgIpc) is 3.29. The van der Waals surface area contributed by atoms with E-state index in [0.29, 0.717) is 28.2 Å². The molecule has 0 bridgehead atoms. The van der Waals surface area contributed by atoms with Gasteiger partial charge >= 0.3 is 0 Å². The first-order chi connectivity index (χ1) is 15.1. The second-order valence-corrected chi connectivity index (χ2v) is 8.05. The minimum absolute atomic E-state index is 0. The van der Waals surface area contributed by atoms with Crippen molar-refractivity contribution in [1.29, 1.82) is 5.26 Å². The molecule has 1 N–H and O–H groups in total. The molecule has 0 saturated carbocycles. The number of nitrogens with one attached hydrogen (secondary N) is 1. The number of anilines is 1. The highest BCUT2D eigenvalue weighted by atomic mass is 35.5. The first kappa shape index (κ1) is 22.0. The quantitative estimate of drug-likeness (QED) is 0.656. The zero-order valence-corrected chi connectivity index (χ0v) is 18.2. The lowest BCUT2D eigenvalue weighted by atomic mass is 10.1. The van der Waals surface area contributed by atoms with Gasteiger partial charge in [-0.05, 0) is 54.8 Å². The zero-order valence-electron chi connectivity index (χ0n) is 17.4. The number of nitrogens with zero attached hydrogens (tertiary/aromatic N) is 4. The van der Waals surface area contributed by atoms with Crippen molar-refractivity contribution in [2.24, 2.45) is 0 Å². The first-order valence-corrected chi connectivity index (χ1v) is 10.5. The van der Waals surface area contributed by atoms with Crippen molar-refractivity contribution in [1.82, 2.24) is 14.9 Å². The van der Waals surface area contributed by atoms with Gasteiger partial charge in [-0.15, -0.1) is 12.4 Å². The van der Waals surface area contributed by atoms with Gasteiger partial charge in [0.25, 0.3) is 5.56 Å². The van der Waals surface area contributed by atoms with Gasteiger partial charge in [-0.25, -0.2) is 4.39 Å². The third-order valence-corrected chi connectivity index (χ3v) is 6.26. The van der Waals surface area contributed by atoms with Gasteiger partial charge in [0.05, 0.1) is 28.2 Å². The fourth-order valence-electron chi connectivity index (χ4n) is 4.60. The molecule has 8 heteroatoms. The Kier molecular flexibility index (Phi) is 6.26. The molecule has 1 fully saturated rings. The SMILES string of the molecule is Cl.N#Cc1ccc(N2CCN([C@H]3C=C(c4cc5ncccc5c(=O)[nH]4)CC3)CC2)c(F)c1. The maximum atomic E-state index is 14.4. The normalized spacial score (nSPS) is 18.8. The Morgan fingerprint density at radius 3 is 2.72 bits per heavy atom. The molecule has 1 aliphatic heterocycles. The number of allylic oxidation sites excluding steroid dienone is 1. The molecule has 32 heavy (non-hydrogen) atoms. The number of piperazine rings is 1. The Balaban J connectivity index is 0.00000245. The van der Waals surface area contributed by atoms with Crippen LogP contribution in [0.25, 0.3) is 16.5 Å². The molecule has 1 aliphatic carbocycles. The van der Waals surface area contributed by atoms with Crippen LogP contribution in [0.1, 0.15) is 24.1 Å². The topological polar surface area (TPSA) is 76.0 Å². The predicted octanol–water partition coefficient (Wildman–Crippen LogP) is 3.72. The third-order valence-electron chi connectivity index (χ3n) is 6.26. The Morgan fingerprint density at radius 2 is 1.97 bits per heavy atom. The number of benzene rings is 1. The van der Waals surface area contributed by atoms with Crippen LogP contribution in [0.4, 0.5) is 10.1 Å². The number of halogens is 2. The summed E-state index contributed by atoms with van der Waals surface area (Å²) in [4.78, 5) is 24.2. The van der Waals surface area contributed by atoms with Gasteiger partial charge in [0.2, 0.25) is 0 Å². The number of hydrogen-bond acceptors (Lipinski definition) is 5. The largest absolute Gasteiger partial charge is 0.367 e. The van der Waals surface area contributed by atoms with Gasteiger partial charge < -0.3 is 9.88 Å². The molecule has 6 nitrogen and oxygen atoms in total. The van der Waals surface area contributed by atoms with Crippen LogP contribution in [-0.4, -0.2) is 47.1 Å². The van der Waals surface area contributed by atoms with Gasteiger partial charge in [0.1, 0.15) is 5.82 Å². The highest BCUT2D eigenvalue weighted by Gasteiger charge is 2.27. The summed E-state index contributed by atoms with van der Waals surface area (Å²) in [6, 6.07) is 12.5. The van der Waals surface area contributed by atoms with Gasteiger partial charge in [-0.3, -0.25) is 14.7 Å². The molecule has 1 aromatic carbocycles. The van der Waals surface area contributed by atoms with Crippen molar-refractivity contribution in [2.75, 3.05) is 31.1 Å². The number of H-pyrrole nitrogens is 1. The molecule has 1 saturated heterocycles. The summed E-state index contributed by atoms with van der Waals surface area (Å²) in [5, 5.41) is 9.53. The summed E-state index contributed by atoms with van der Waals surface area (Å²) in [6.07, 6.45) is 5.86. The molecule has 0 unspecified atom stereocenters. The maximum Gasteiger partial charge on any atom is 0.257 e. The molecular formula is C24H23ClFN5O. The summed E-state index contributed by atoms with van der Waals surface area (Å²) >= 11 is 0. The van der Waals surface area contributed by atoms with E-state index in [9.17, 15) is 9.18 Å². The second-order valence-electron chi connectivity index (χ2n) is 8.05. The Hall–Kier alpha value is -3.21. The van der Waals surface area contributed by atoms with E-state index in [1.807, 2.05) is 17.0 Å². The van der Waals surface area contributed by atoms with Gasteiger partial charge in [-0.1, -0.05) is 6.08 Å². The summed E-state index contributed by atoms with van der Waals surface area (Å²) in [5.74, 6) is -0.343. The summed E-state index contributed by atoms with van der Waals surface area (Å²) < 4.78 is 14.4. The fraction of sp³-hybridized carbons (Fsp3) is 0.292. The van der Waals surface area contributed by atoms with Crippen LogP contribution in [0, 0.1) is 17.1 Å². The standard InChI is InChI=1S/C24H22FN5O.ClH/c25-20-12-16(15-26)3-6-23(20)30-10-8-29(9-11-30)18-5-4-17(13-18)21-14-22-19(24(31)28-21)2-1-7-27-22;/h1-3,6-7,12-14,18H,4-5,8-11H2,(H,28,31);1H/t18-;/m1./s1. The average molecular weight is 452 g/mol. The van der Waals surface area contributed by atoms with E-state index in [2.05, 4.69) is 20.9 Å². The van der Waals surface area contributed by atoms with Crippen molar-refractivity contribution >= 4 is 34.6 Å². The lowest BCUT2D eigenvalue weighted by molar-refractivity contribution is 0.214. The number of aromatic amines is 1. The highest BCUT2D eigenvalue weighted by Crippen LogP contribution is 2.31. The maximum absolute atomic E-state index is 14.4. The second kappa shape index (κ2) is 9.11. The van der Waals surface area contributed by atoms with Crippen molar-refractivity contribution < 1.29 is 4.39 Å². The number of nitriles is 1. The summed E-state index contributed by atoms with van der Waals surface area (Å²) in [6.45, 7) is 3.14. The molecule has 3 heterocycles. The zero-order chi connectivity index (χ0) is 21.4. The van der Waals surface area contributed by atoms with E-state index in [0.717, 1.165) is 50.3 Å². The number of aromatic nitrogens is 2. The van der Waals surface area contributed by atoms with E-state index in [-0.39, 0.29) is 23.8 Å². The molecule has 2 aliphatic rings. The number of pyridine rings is 2. The van der Waals surface area contributed by atoms with E-state index in [1.165, 1.54) is 6.07 Å². The number of hydrogen-bond donors (Lipinski definition) is 1. The fourth-order valence-corrected chi connectivity index (χ4v) is 4.60. The van der Waals surface area contributed by atoms with E-state index < -0.39 is 0 Å². The lowest BCUT2D eigenvalue weighted by Gasteiger charge is -2.38. The molecule has 0 radical (unpaired) electrons. The molecule has 2 aromatic heterocycles. The molecule has 164 valence electrons. The van der Waals surface area contributed by atoms with Crippen molar-refractivity contribution in [3.05, 3.63) is 76.1 Å². The summed E-state index contributed by atoms with van der Waals surface area (Å²) in [5.41, 5.74) is 3.49. The van der Waals surface area contributed by atoms with Crippen LogP contribution in [0.15, 0.2) is 53.5 Å². The van der Waals surface area contributed by atoms with Crippen LogP contribution in [0.3, 0.4) is 0 Å². The smallest absolute Gasteiger partial charge is 0.257 e. The third kappa shape index (κ3) is 4.12. The van der Waals surface area contributed by atoms with Gasteiger partial charge in [-0.2, -0.15) is 5.26 Å². The van der Waals surface area contributed by atoms with Gasteiger partial charge in [0.15, 0.2) is 0 Å². The van der Waals surface area contributed by atoms with Crippen molar-refractivity contribution in [3.63, 3.8) is 0 Å². The van der Waals surface area contributed by atoms with Crippen molar-refractivity contribution in [3.8, 4) is 6.07 Å². The Labute approximate surface area is 191 Å². The Bertz CT molecular complexity index is 1270. The molecule has 0 amide bonds. The minimum atomic E-state index is -0.343. The van der Waals surface area contributed by atoms with Gasteiger partial charge in [0, 0.05) is 44.1 Å². The Morgan fingerprint density at radius 1 is 1.16 bits per heavy atom. The van der Waals surface area contributed by atoms with Crippen LogP contribution in [-0.2, 0) is 0 Å². The predicted molar refractivity (Wildman–Crippen MR) is 126 cm³/mol. The van der Waals surface area contributed by atoms with Crippen molar-refractivity contribution in [2.45, 2.75) is 18.9 Å². The monoisotopic (exact) mass is 451 g/mol.